The van der Waals surface area contributed by atoms with Crippen molar-refractivity contribution in [3.8, 4) is 11.6 Å². The highest BCUT2D eigenvalue weighted by Gasteiger charge is 2.08. The maximum absolute atomic E-state index is 13.2. The Kier molecular flexibility index (Phi) is 6.27. The molecule has 0 unspecified atom stereocenters. The van der Waals surface area contributed by atoms with Gasteiger partial charge in [0, 0.05) is 34.9 Å². The van der Waals surface area contributed by atoms with E-state index in [1.165, 1.54) is 12.1 Å². The van der Waals surface area contributed by atoms with E-state index in [0.717, 1.165) is 5.56 Å². The second-order valence-corrected chi connectivity index (χ2v) is 6.60. The van der Waals surface area contributed by atoms with Gasteiger partial charge >= 0.3 is 0 Å². The lowest BCUT2D eigenvalue weighted by Crippen LogP contribution is -2.24. The van der Waals surface area contributed by atoms with Crippen LogP contribution in [0.3, 0.4) is 0 Å². The third-order valence-corrected chi connectivity index (χ3v) is 4.26. The molecule has 27 heavy (non-hydrogen) atoms. The Bertz CT molecular complexity index is 949. The van der Waals surface area contributed by atoms with Crippen LogP contribution in [0.1, 0.15) is 11.1 Å². The Morgan fingerprint density at radius 2 is 1.96 bits per heavy atom. The number of pyridine rings is 1. The first-order valence-electron chi connectivity index (χ1n) is 8.08. The molecule has 1 aromatic heterocycles. The minimum absolute atomic E-state index is 0.157. The van der Waals surface area contributed by atoms with Crippen LogP contribution in [0.2, 0.25) is 10.0 Å². The van der Waals surface area contributed by atoms with E-state index in [1.807, 2.05) is 0 Å². The molecule has 4 nitrogen and oxygen atoms in total. The fourth-order valence-corrected chi connectivity index (χ4v) is 2.80. The van der Waals surface area contributed by atoms with Crippen molar-refractivity contribution in [3.05, 3.63) is 87.8 Å². The Labute approximate surface area is 165 Å². The number of hydrogen-bond donors (Lipinski definition) is 1. The second-order valence-electron chi connectivity index (χ2n) is 5.75. The average molecular weight is 405 g/mol. The normalized spacial score (nSPS) is 10.5. The molecule has 1 N–H and O–H groups in total. The van der Waals surface area contributed by atoms with Gasteiger partial charge in [0.05, 0.1) is 6.42 Å². The van der Waals surface area contributed by atoms with E-state index in [2.05, 4.69) is 10.3 Å². The first kappa shape index (κ1) is 19.1. The number of halogens is 3. The highest BCUT2D eigenvalue weighted by molar-refractivity contribution is 6.35. The van der Waals surface area contributed by atoms with E-state index >= 15 is 0 Å². The molecule has 0 aliphatic carbocycles. The lowest BCUT2D eigenvalue weighted by Gasteiger charge is -2.08. The highest BCUT2D eigenvalue weighted by atomic mass is 35.5. The van der Waals surface area contributed by atoms with E-state index in [0.29, 0.717) is 33.8 Å². The van der Waals surface area contributed by atoms with Gasteiger partial charge in [-0.25, -0.2) is 9.37 Å². The molecular formula is C20H15Cl2FN2O2. The molecule has 0 radical (unpaired) electrons. The maximum atomic E-state index is 13.2. The lowest BCUT2D eigenvalue weighted by atomic mass is 10.1. The predicted molar refractivity (Wildman–Crippen MR) is 103 cm³/mol. The Balaban J connectivity index is 1.53. The van der Waals surface area contributed by atoms with E-state index < -0.39 is 0 Å². The summed E-state index contributed by atoms with van der Waals surface area (Å²) in [7, 11) is 0. The summed E-state index contributed by atoms with van der Waals surface area (Å²) in [6, 6.07) is 14.3. The lowest BCUT2D eigenvalue weighted by molar-refractivity contribution is -0.120. The minimum atomic E-state index is -0.382. The van der Waals surface area contributed by atoms with Gasteiger partial charge in [0.25, 0.3) is 0 Å². The molecule has 0 saturated heterocycles. The molecule has 0 aliphatic rings. The largest absolute Gasteiger partial charge is 0.439 e. The number of aromatic nitrogens is 1. The van der Waals surface area contributed by atoms with E-state index in [-0.39, 0.29) is 18.1 Å². The Morgan fingerprint density at radius 1 is 1.11 bits per heavy atom. The number of nitrogens with zero attached hydrogens (tertiary/aromatic N) is 1. The molecule has 3 aromatic rings. The molecule has 2 aromatic carbocycles. The average Bonchev–Trinajstić information content (AvgIpc) is 2.64. The first-order chi connectivity index (χ1) is 13.0. The molecule has 0 spiro atoms. The van der Waals surface area contributed by atoms with Crippen molar-refractivity contribution in [2.75, 3.05) is 0 Å². The molecule has 0 aliphatic heterocycles. The van der Waals surface area contributed by atoms with Crippen LogP contribution < -0.4 is 10.1 Å². The fraction of sp³-hybridized carbons (Fsp3) is 0.100. The van der Waals surface area contributed by atoms with Crippen molar-refractivity contribution in [2.45, 2.75) is 13.0 Å². The molecular weight excluding hydrogens is 390 g/mol. The van der Waals surface area contributed by atoms with Crippen LogP contribution in [0.5, 0.6) is 11.6 Å². The van der Waals surface area contributed by atoms with Crippen molar-refractivity contribution < 1.29 is 13.9 Å². The van der Waals surface area contributed by atoms with Gasteiger partial charge in [-0.05, 0) is 35.4 Å². The summed E-state index contributed by atoms with van der Waals surface area (Å²) < 4.78 is 18.6. The van der Waals surface area contributed by atoms with E-state index in [1.54, 1.807) is 48.7 Å². The summed E-state index contributed by atoms with van der Waals surface area (Å²) in [4.78, 5) is 16.2. The van der Waals surface area contributed by atoms with Gasteiger partial charge in [0.1, 0.15) is 11.6 Å². The maximum Gasteiger partial charge on any atom is 0.224 e. The molecule has 138 valence electrons. The third kappa shape index (κ3) is 5.67. The van der Waals surface area contributed by atoms with E-state index in [9.17, 15) is 9.18 Å². The molecule has 0 fully saturated rings. The van der Waals surface area contributed by atoms with E-state index in [4.69, 9.17) is 27.9 Å². The molecule has 0 atom stereocenters. The smallest absolute Gasteiger partial charge is 0.224 e. The second kappa shape index (κ2) is 8.84. The quantitative estimate of drug-likeness (QED) is 0.615. The minimum Gasteiger partial charge on any atom is -0.439 e. The van der Waals surface area contributed by atoms with Crippen molar-refractivity contribution in [3.63, 3.8) is 0 Å². The zero-order chi connectivity index (χ0) is 19.2. The zero-order valence-corrected chi connectivity index (χ0v) is 15.6. The molecule has 3 rings (SSSR count). The van der Waals surface area contributed by atoms with Crippen LogP contribution in [-0.4, -0.2) is 10.9 Å². The highest BCUT2D eigenvalue weighted by Crippen LogP contribution is 2.22. The summed E-state index contributed by atoms with van der Waals surface area (Å²) in [6.45, 7) is 0.317. The summed E-state index contributed by atoms with van der Waals surface area (Å²) in [5.74, 6) is 0.152. The number of rotatable bonds is 6. The number of carbonyl (C=O) groups excluding carboxylic acids is 1. The van der Waals surface area contributed by atoms with Crippen molar-refractivity contribution in [1.29, 1.82) is 0 Å². The topological polar surface area (TPSA) is 51.2 Å². The van der Waals surface area contributed by atoms with Gasteiger partial charge in [0.2, 0.25) is 11.8 Å². The monoisotopic (exact) mass is 404 g/mol. The third-order valence-electron chi connectivity index (χ3n) is 3.67. The SMILES string of the molecule is O=C(Cc1ccc(Cl)cc1Cl)NCc1ccc(Oc2cccc(F)c2)nc1. The van der Waals surface area contributed by atoms with Gasteiger partial charge in [-0.2, -0.15) is 0 Å². The number of amides is 1. The van der Waals surface area contributed by atoms with Crippen LogP contribution in [0.15, 0.2) is 60.8 Å². The molecule has 0 saturated carbocycles. The molecule has 7 heteroatoms. The Morgan fingerprint density at radius 3 is 2.67 bits per heavy atom. The standard InChI is InChI=1S/C20H15Cl2FN2O2/c21-15-6-5-14(18(22)9-15)8-19(26)24-11-13-4-7-20(25-12-13)27-17-3-1-2-16(23)10-17/h1-7,9-10,12H,8,11H2,(H,24,26). The zero-order valence-electron chi connectivity index (χ0n) is 14.1. The van der Waals surface area contributed by atoms with Crippen LogP contribution in [0, 0.1) is 5.82 Å². The summed E-state index contributed by atoms with van der Waals surface area (Å²) in [5.41, 5.74) is 1.51. The van der Waals surface area contributed by atoms with Gasteiger partial charge in [-0.15, -0.1) is 0 Å². The van der Waals surface area contributed by atoms with Crippen LogP contribution in [0.25, 0.3) is 0 Å². The number of nitrogens with one attached hydrogen (secondary N) is 1. The van der Waals surface area contributed by atoms with Gasteiger partial charge in [-0.3, -0.25) is 4.79 Å². The molecule has 1 heterocycles. The molecule has 1 amide bonds. The predicted octanol–water partition coefficient (Wildman–Crippen LogP) is 5.18. The van der Waals surface area contributed by atoms with Gasteiger partial charge in [-0.1, -0.05) is 41.4 Å². The number of benzene rings is 2. The summed E-state index contributed by atoms with van der Waals surface area (Å²) in [6.07, 6.45) is 1.74. The van der Waals surface area contributed by atoms with Crippen molar-refractivity contribution in [1.82, 2.24) is 10.3 Å². The van der Waals surface area contributed by atoms with Crippen LogP contribution in [0.4, 0.5) is 4.39 Å². The van der Waals surface area contributed by atoms with Gasteiger partial charge in [0.15, 0.2) is 0 Å². The van der Waals surface area contributed by atoms with Gasteiger partial charge < -0.3 is 10.1 Å². The number of ether oxygens (including phenoxy) is 1. The first-order valence-corrected chi connectivity index (χ1v) is 8.84. The fourth-order valence-electron chi connectivity index (χ4n) is 2.33. The number of carbonyl (C=O) groups is 1. The Hall–Kier alpha value is -2.63. The van der Waals surface area contributed by atoms with Crippen LogP contribution >= 0.6 is 23.2 Å². The van der Waals surface area contributed by atoms with Crippen molar-refractivity contribution >= 4 is 29.1 Å². The van der Waals surface area contributed by atoms with Crippen LogP contribution in [-0.2, 0) is 17.8 Å². The van der Waals surface area contributed by atoms with Crippen molar-refractivity contribution in [2.24, 2.45) is 0 Å². The number of hydrogen-bond acceptors (Lipinski definition) is 3. The molecule has 0 bridgehead atoms. The summed E-state index contributed by atoms with van der Waals surface area (Å²) in [5, 5.41) is 3.79. The summed E-state index contributed by atoms with van der Waals surface area (Å²) >= 11 is 11.9.